The number of carbonyl (C=O) groups is 1. The number of nitriles is 1. The minimum absolute atomic E-state index is 0.0946. The summed E-state index contributed by atoms with van der Waals surface area (Å²) in [6.07, 6.45) is 6.57. The van der Waals surface area contributed by atoms with Crippen molar-refractivity contribution in [3.05, 3.63) is 72.2 Å². The van der Waals surface area contributed by atoms with E-state index in [1.807, 2.05) is 30.5 Å². The van der Waals surface area contributed by atoms with E-state index in [0.717, 1.165) is 64.6 Å². The summed E-state index contributed by atoms with van der Waals surface area (Å²) in [5.41, 5.74) is 4.39. The van der Waals surface area contributed by atoms with Crippen molar-refractivity contribution in [2.24, 2.45) is 0 Å². The van der Waals surface area contributed by atoms with Crippen LogP contribution in [-0.2, 0) is 4.79 Å². The van der Waals surface area contributed by atoms with Gasteiger partial charge in [0, 0.05) is 61.3 Å². The predicted octanol–water partition coefficient (Wildman–Crippen LogP) is 6.77. The number of carbonyl (C=O) groups excluding carboxylic acids is 1. The Hall–Kier alpha value is -4.26. The van der Waals surface area contributed by atoms with Gasteiger partial charge in [-0.05, 0) is 61.9 Å². The van der Waals surface area contributed by atoms with Crippen molar-refractivity contribution < 1.29 is 13.9 Å². The minimum atomic E-state index is -0.927. The first kappa shape index (κ1) is 30.8. The smallest absolute Gasteiger partial charge is 0.282 e. The molecule has 0 atom stereocenters. The van der Waals surface area contributed by atoms with Gasteiger partial charge < -0.3 is 14.5 Å². The highest BCUT2D eigenvalue weighted by molar-refractivity contribution is 6.36. The number of pyridine rings is 2. The van der Waals surface area contributed by atoms with Crippen LogP contribution in [0.15, 0.2) is 67.1 Å². The predicted molar refractivity (Wildman–Crippen MR) is 176 cm³/mol. The van der Waals surface area contributed by atoms with E-state index in [0.29, 0.717) is 43.7 Å². The van der Waals surface area contributed by atoms with Crippen LogP contribution in [0.2, 0.25) is 5.02 Å². The van der Waals surface area contributed by atoms with E-state index in [1.54, 1.807) is 6.07 Å². The van der Waals surface area contributed by atoms with Gasteiger partial charge in [0.2, 0.25) is 5.88 Å². The molecule has 3 fully saturated rings. The van der Waals surface area contributed by atoms with Crippen LogP contribution in [0, 0.1) is 11.3 Å². The zero-order valence-electron chi connectivity index (χ0n) is 25.4. The van der Waals surface area contributed by atoms with Crippen molar-refractivity contribution in [1.82, 2.24) is 19.8 Å². The second kappa shape index (κ2) is 13.0. The molecule has 2 aromatic heterocycles. The van der Waals surface area contributed by atoms with E-state index < -0.39 is 11.7 Å². The van der Waals surface area contributed by atoms with Gasteiger partial charge in [-0.15, -0.1) is 0 Å². The maximum Gasteiger partial charge on any atom is 0.282 e. The third kappa shape index (κ3) is 6.05. The van der Waals surface area contributed by atoms with Crippen LogP contribution in [0.1, 0.15) is 32.6 Å². The van der Waals surface area contributed by atoms with Gasteiger partial charge in [-0.2, -0.15) is 5.26 Å². The zero-order valence-corrected chi connectivity index (χ0v) is 26.2. The normalized spacial score (nSPS) is 17.5. The number of nitrogens with zero attached hydrogens (tertiary/aromatic N) is 6. The Labute approximate surface area is 267 Å². The Bertz CT molecular complexity index is 1780. The molecule has 10 heteroatoms. The number of piperazine rings is 1. The highest BCUT2D eigenvalue weighted by Crippen LogP contribution is 2.40. The molecule has 0 bridgehead atoms. The largest absolute Gasteiger partial charge is 0.476 e. The fourth-order valence-corrected chi connectivity index (χ4v) is 7.34. The fourth-order valence-electron chi connectivity index (χ4n) is 7.06. The molecule has 0 spiro atoms. The standard InChI is InChI=1S/C33H33ClFN5O2.C2H3N/c1-22(35)32(41)39-16-14-38(15-17-39)28-19-29(42-21-33-10-4-12-40(33)13-5-11-33)37-27-18-24(20-36-31(27)28)25-8-2-6-23-7-3-9-26(34)30(23)25;1-2-3/h2-3,6-9,18-20H,1,4-5,10-17,21H2;1H3. The lowest BCUT2D eigenvalue weighted by molar-refractivity contribution is -0.128. The van der Waals surface area contributed by atoms with Crippen molar-refractivity contribution in [2.75, 3.05) is 50.8 Å². The second-order valence-corrected chi connectivity index (χ2v) is 12.2. The molecule has 4 aromatic rings. The van der Waals surface area contributed by atoms with E-state index in [2.05, 4.69) is 40.6 Å². The molecule has 2 aromatic carbocycles. The summed E-state index contributed by atoms with van der Waals surface area (Å²) in [5, 5.41) is 10.0. The van der Waals surface area contributed by atoms with E-state index >= 15 is 0 Å². The number of hydrogen-bond acceptors (Lipinski definition) is 7. The average Bonchev–Trinajstić information content (AvgIpc) is 3.64. The van der Waals surface area contributed by atoms with Gasteiger partial charge in [0.1, 0.15) is 12.1 Å². The summed E-state index contributed by atoms with van der Waals surface area (Å²) < 4.78 is 20.0. The van der Waals surface area contributed by atoms with Gasteiger partial charge >= 0.3 is 0 Å². The fraction of sp³-hybridized carbons (Fsp3) is 0.371. The van der Waals surface area contributed by atoms with Crippen molar-refractivity contribution in [3.63, 3.8) is 0 Å². The lowest BCUT2D eigenvalue weighted by atomic mass is 9.95. The monoisotopic (exact) mass is 626 g/mol. The Morgan fingerprint density at radius 2 is 1.78 bits per heavy atom. The number of rotatable bonds is 6. The lowest BCUT2D eigenvalue weighted by Crippen LogP contribution is -2.49. The number of ether oxygens (including phenoxy) is 1. The number of halogens is 2. The molecule has 232 valence electrons. The molecule has 0 saturated carbocycles. The summed E-state index contributed by atoms with van der Waals surface area (Å²) in [6.45, 7) is 9.35. The molecule has 45 heavy (non-hydrogen) atoms. The topological polar surface area (TPSA) is 85.6 Å². The number of anilines is 1. The Morgan fingerprint density at radius 1 is 1.09 bits per heavy atom. The number of aromatic nitrogens is 2. The van der Waals surface area contributed by atoms with Crippen LogP contribution in [0.3, 0.4) is 0 Å². The minimum Gasteiger partial charge on any atom is -0.476 e. The van der Waals surface area contributed by atoms with Crippen LogP contribution in [0.5, 0.6) is 5.88 Å². The van der Waals surface area contributed by atoms with Crippen LogP contribution in [-0.4, -0.2) is 77.1 Å². The zero-order chi connectivity index (χ0) is 31.6. The molecule has 1 amide bonds. The number of benzene rings is 2. The molecule has 0 unspecified atom stereocenters. The summed E-state index contributed by atoms with van der Waals surface area (Å²) in [7, 11) is 0. The van der Waals surface area contributed by atoms with E-state index in [1.165, 1.54) is 24.7 Å². The summed E-state index contributed by atoms with van der Waals surface area (Å²) in [6, 6.07) is 17.8. The summed E-state index contributed by atoms with van der Waals surface area (Å²) in [5.74, 6) is -1.01. The van der Waals surface area contributed by atoms with Gasteiger partial charge in [0.15, 0.2) is 5.83 Å². The first-order valence-electron chi connectivity index (χ1n) is 15.4. The third-order valence-electron chi connectivity index (χ3n) is 9.21. The van der Waals surface area contributed by atoms with E-state index in [9.17, 15) is 9.18 Å². The molecule has 3 aliphatic rings. The molecule has 8 nitrogen and oxygen atoms in total. The Kier molecular flexibility index (Phi) is 8.88. The molecule has 7 rings (SSSR count). The van der Waals surface area contributed by atoms with Crippen LogP contribution >= 0.6 is 11.6 Å². The SMILES string of the molecule is C=C(F)C(=O)N1CCN(c2cc(OCC34CCCN3CCC4)nc3cc(-c4cccc5cccc(Cl)c45)cnc23)CC1.CC#N. The molecule has 0 aliphatic carbocycles. The number of fused-ring (bicyclic) bond motifs is 3. The lowest BCUT2D eigenvalue weighted by Gasteiger charge is -2.36. The maximum atomic E-state index is 13.5. The van der Waals surface area contributed by atoms with Crippen molar-refractivity contribution in [2.45, 2.75) is 38.1 Å². The maximum absolute atomic E-state index is 13.5. The molecular formula is C35H36ClFN6O2. The second-order valence-electron chi connectivity index (χ2n) is 11.8. The molecule has 5 heterocycles. The highest BCUT2D eigenvalue weighted by atomic mass is 35.5. The van der Waals surface area contributed by atoms with E-state index in [4.69, 9.17) is 31.6 Å². The number of hydrogen-bond donors (Lipinski definition) is 0. The highest BCUT2D eigenvalue weighted by Gasteiger charge is 2.45. The van der Waals surface area contributed by atoms with Gasteiger partial charge in [-0.1, -0.05) is 48.5 Å². The average molecular weight is 627 g/mol. The first-order chi connectivity index (χ1) is 21.8. The molecule has 0 N–H and O–H groups in total. The Balaban J connectivity index is 0.00000115. The third-order valence-corrected chi connectivity index (χ3v) is 9.52. The summed E-state index contributed by atoms with van der Waals surface area (Å²) in [4.78, 5) is 28.3. The molecule has 0 radical (unpaired) electrons. The molecule has 3 aliphatic heterocycles. The van der Waals surface area contributed by atoms with Crippen LogP contribution < -0.4 is 9.64 Å². The quantitative estimate of drug-likeness (QED) is 0.218. The Morgan fingerprint density at radius 3 is 2.47 bits per heavy atom. The first-order valence-corrected chi connectivity index (χ1v) is 15.8. The van der Waals surface area contributed by atoms with Crippen molar-refractivity contribution in [3.8, 4) is 23.1 Å². The van der Waals surface area contributed by atoms with Crippen molar-refractivity contribution >= 4 is 45.0 Å². The van der Waals surface area contributed by atoms with Crippen LogP contribution in [0.25, 0.3) is 32.9 Å². The molecular weight excluding hydrogens is 591 g/mol. The van der Waals surface area contributed by atoms with Crippen LogP contribution in [0.4, 0.5) is 10.1 Å². The van der Waals surface area contributed by atoms with Gasteiger partial charge in [-0.25, -0.2) is 9.37 Å². The summed E-state index contributed by atoms with van der Waals surface area (Å²) >= 11 is 6.66. The van der Waals surface area contributed by atoms with Crippen molar-refractivity contribution in [1.29, 1.82) is 5.26 Å². The van der Waals surface area contributed by atoms with Gasteiger partial charge in [-0.3, -0.25) is 14.7 Å². The number of amides is 1. The van der Waals surface area contributed by atoms with Gasteiger partial charge in [0.05, 0.1) is 22.8 Å². The van der Waals surface area contributed by atoms with Gasteiger partial charge in [0.25, 0.3) is 5.91 Å². The molecule has 3 saturated heterocycles. The van der Waals surface area contributed by atoms with E-state index in [-0.39, 0.29) is 5.54 Å².